The molecule has 0 spiro atoms. The minimum atomic E-state index is -0.403. The molecule has 2 N–H and O–H groups in total. The Morgan fingerprint density at radius 2 is 1.68 bits per heavy atom. The molecule has 1 aromatic rings. The monoisotopic (exact) mass is 346 g/mol. The van der Waals surface area contributed by atoms with Crippen molar-refractivity contribution in [3.05, 3.63) is 35.9 Å². The third-order valence-electron chi connectivity index (χ3n) is 4.32. The van der Waals surface area contributed by atoms with Gasteiger partial charge >= 0.3 is 6.03 Å². The van der Waals surface area contributed by atoms with Crippen molar-refractivity contribution in [2.45, 2.75) is 20.3 Å². The van der Waals surface area contributed by atoms with Gasteiger partial charge in [0.1, 0.15) is 0 Å². The molecule has 2 rings (SSSR count). The summed E-state index contributed by atoms with van der Waals surface area (Å²) in [5.41, 5.74) is 1.36. The third-order valence-corrected chi connectivity index (χ3v) is 4.32. The Balaban J connectivity index is 1.61. The molecule has 1 saturated heterocycles. The summed E-state index contributed by atoms with van der Waals surface area (Å²) >= 11 is 0. The zero-order chi connectivity index (χ0) is 18.1. The number of carbonyl (C=O) groups excluding carboxylic acids is 2. The van der Waals surface area contributed by atoms with Gasteiger partial charge in [-0.2, -0.15) is 0 Å². The molecule has 0 unspecified atom stereocenters. The molecule has 3 amide bonds. The minimum Gasteiger partial charge on any atom is -0.338 e. The lowest BCUT2D eigenvalue weighted by Gasteiger charge is -2.34. The van der Waals surface area contributed by atoms with Gasteiger partial charge in [-0.1, -0.05) is 44.2 Å². The van der Waals surface area contributed by atoms with E-state index in [1.807, 2.05) is 19.9 Å². The van der Waals surface area contributed by atoms with E-state index in [-0.39, 0.29) is 12.5 Å². The average molecular weight is 346 g/mol. The molecule has 138 valence electrons. The van der Waals surface area contributed by atoms with Crippen LogP contribution in [-0.2, 0) is 11.2 Å². The molecule has 25 heavy (non-hydrogen) atoms. The Hall–Kier alpha value is -1.92. The summed E-state index contributed by atoms with van der Waals surface area (Å²) in [6.45, 7) is 9.55. The van der Waals surface area contributed by atoms with Crippen LogP contribution in [0.15, 0.2) is 30.3 Å². The lowest BCUT2D eigenvalue weighted by molar-refractivity contribution is -0.121. The first-order chi connectivity index (χ1) is 12.0. The minimum absolute atomic E-state index is 0.237. The number of nitrogens with one attached hydrogen (secondary N) is 2. The van der Waals surface area contributed by atoms with Crippen LogP contribution in [0, 0.1) is 5.92 Å². The molecule has 1 aliphatic heterocycles. The first-order valence-electron chi connectivity index (χ1n) is 9.09. The maximum absolute atomic E-state index is 11.9. The number of rotatable bonds is 7. The van der Waals surface area contributed by atoms with Gasteiger partial charge in [-0.15, -0.1) is 0 Å². The summed E-state index contributed by atoms with van der Waals surface area (Å²) in [6, 6.07) is 10.1. The number of imide groups is 1. The number of benzene rings is 1. The van der Waals surface area contributed by atoms with Crippen molar-refractivity contribution in [2.75, 3.05) is 45.8 Å². The highest BCUT2D eigenvalue weighted by Crippen LogP contribution is 2.05. The van der Waals surface area contributed by atoms with Gasteiger partial charge in [-0.3, -0.25) is 15.0 Å². The van der Waals surface area contributed by atoms with Crippen molar-refractivity contribution >= 4 is 11.9 Å². The molecule has 0 aromatic heterocycles. The molecule has 0 bridgehead atoms. The van der Waals surface area contributed by atoms with E-state index in [9.17, 15) is 9.59 Å². The van der Waals surface area contributed by atoms with Crippen LogP contribution in [0.2, 0.25) is 0 Å². The molecule has 1 heterocycles. The molecule has 6 nitrogen and oxygen atoms in total. The van der Waals surface area contributed by atoms with Crippen molar-refractivity contribution in [3.8, 4) is 0 Å². The van der Waals surface area contributed by atoms with Crippen LogP contribution in [0.4, 0.5) is 4.79 Å². The van der Waals surface area contributed by atoms with Crippen LogP contribution in [0.1, 0.15) is 19.4 Å². The smallest absolute Gasteiger partial charge is 0.321 e. The zero-order valence-corrected chi connectivity index (χ0v) is 15.3. The van der Waals surface area contributed by atoms with E-state index in [0.717, 1.165) is 39.1 Å². The molecular weight excluding hydrogens is 316 g/mol. The van der Waals surface area contributed by atoms with E-state index >= 15 is 0 Å². The summed E-state index contributed by atoms with van der Waals surface area (Å²) in [7, 11) is 0. The number of hydrogen-bond donors (Lipinski definition) is 2. The van der Waals surface area contributed by atoms with E-state index in [1.54, 1.807) is 0 Å². The third kappa shape index (κ3) is 7.67. The maximum atomic E-state index is 11.9. The number of nitrogens with zero attached hydrogens (tertiary/aromatic N) is 2. The van der Waals surface area contributed by atoms with Crippen LogP contribution in [-0.4, -0.2) is 67.6 Å². The number of piperazine rings is 1. The van der Waals surface area contributed by atoms with Gasteiger partial charge in [-0.05, 0) is 17.9 Å². The molecule has 1 fully saturated rings. The lowest BCUT2D eigenvalue weighted by Crippen LogP contribution is -2.51. The zero-order valence-electron chi connectivity index (χ0n) is 15.3. The highest BCUT2D eigenvalue weighted by atomic mass is 16.2. The number of carbonyl (C=O) groups is 2. The highest BCUT2D eigenvalue weighted by Gasteiger charge is 2.19. The number of hydrogen-bond acceptors (Lipinski definition) is 4. The molecule has 0 atom stereocenters. The maximum Gasteiger partial charge on any atom is 0.321 e. The van der Waals surface area contributed by atoms with Gasteiger partial charge in [0.05, 0.1) is 6.54 Å². The Morgan fingerprint density at radius 1 is 1.04 bits per heavy atom. The fourth-order valence-electron chi connectivity index (χ4n) is 2.81. The van der Waals surface area contributed by atoms with Gasteiger partial charge in [0.2, 0.25) is 5.91 Å². The van der Waals surface area contributed by atoms with E-state index in [0.29, 0.717) is 12.5 Å². The van der Waals surface area contributed by atoms with Gasteiger partial charge in [-0.25, -0.2) is 4.79 Å². The normalized spacial score (nSPS) is 16.0. The van der Waals surface area contributed by atoms with E-state index in [4.69, 9.17) is 0 Å². The second-order valence-corrected chi connectivity index (χ2v) is 7.01. The van der Waals surface area contributed by atoms with E-state index in [2.05, 4.69) is 44.7 Å². The highest BCUT2D eigenvalue weighted by molar-refractivity contribution is 5.95. The molecule has 0 radical (unpaired) electrons. The Morgan fingerprint density at radius 3 is 2.32 bits per heavy atom. The molecular formula is C19H30N4O2. The van der Waals surface area contributed by atoms with Gasteiger partial charge in [0.15, 0.2) is 0 Å². The topological polar surface area (TPSA) is 64.7 Å². The van der Waals surface area contributed by atoms with Crippen LogP contribution in [0.5, 0.6) is 0 Å². The van der Waals surface area contributed by atoms with E-state index in [1.165, 1.54) is 5.56 Å². The van der Waals surface area contributed by atoms with Crippen LogP contribution in [0.25, 0.3) is 0 Å². The van der Waals surface area contributed by atoms with Crippen LogP contribution < -0.4 is 10.6 Å². The second-order valence-electron chi connectivity index (χ2n) is 7.01. The summed E-state index contributed by atoms with van der Waals surface area (Å²) < 4.78 is 0. The first-order valence-corrected chi connectivity index (χ1v) is 9.09. The summed E-state index contributed by atoms with van der Waals surface area (Å²) in [5, 5.41) is 5.09. The van der Waals surface area contributed by atoms with Crippen LogP contribution >= 0.6 is 0 Å². The predicted molar refractivity (Wildman–Crippen MR) is 99.4 cm³/mol. The van der Waals surface area contributed by atoms with Crippen molar-refractivity contribution in [1.82, 2.24) is 20.4 Å². The van der Waals surface area contributed by atoms with Gasteiger partial charge < -0.3 is 10.2 Å². The van der Waals surface area contributed by atoms with Gasteiger partial charge in [0.25, 0.3) is 0 Å². The first kappa shape index (κ1) is 19.4. The molecule has 0 saturated carbocycles. The fourth-order valence-corrected chi connectivity index (χ4v) is 2.81. The largest absolute Gasteiger partial charge is 0.338 e. The van der Waals surface area contributed by atoms with Crippen molar-refractivity contribution in [2.24, 2.45) is 5.92 Å². The fraction of sp³-hybridized carbons (Fsp3) is 0.579. The average Bonchev–Trinajstić information content (AvgIpc) is 2.60. The second kappa shape index (κ2) is 10.2. The Bertz CT molecular complexity index is 540. The quantitative estimate of drug-likeness (QED) is 0.782. The van der Waals surface area contributed by atoms with E-state index < -0.39 is 6.03 Å². The molecule has 0 aliphatic carbocycles. The van der Waals surface area contributed by atoms with Gasteiger partial charge in [0, 0.05) is 39.3 Å². The molecule has 1 aromatic carbocycles. The molecule has 6 heteroatoms. The SMILES string of the molecule is CC(C)CNC(=O)NC(=O)CN1CCN(CCc2ccccc2)CC1. The lowest BCUT2D eigenvalue weighted by atomic mass is 10.1. The predicted octanol–water partition coefficient (Wildman–Crippen LogP) is 1.33. The summed E-state index contributed by atoms with van der Waals surface area (Å²) in [4.78, 5) is 28.1. The number of urea groups is 1. The number of amides is 3. The molecule has 1 aliphatic rings. The Labute approximate surface area is 150 Å². The van der Waals surface area contributed by atoms with Crippen molar-refractivity contribution in [1.29, 1.82) is 0 Å². The Kier molecular flexibility index (Phi) is 7.88. The summed E-state index contributed by atoms with van der Waals surface area (Å²) in [5.74, 6) is 0.129. The van der Waals surface area contributed by atoms with Crippen molar-refractivity contribution < 1.29 is 9.59 Å². The van der Waals surface area contributed by atoms with Crippen molar-refractivity contribution in [3.63, 3.8) is 0 Å². The standard InChI is InChI=1S/C19H30N4O2/c1-16(2)14-20-19(25)21-18(24)15-23-12-10-22(11-13-23)9-8-17-6-4-3-5-7-17/h3-7,16H,8-15H2,1-2H3,(H2,20,21,24,25). The summed E-state index contributed by atoms with van der Waals surface area (Å²) in [6.07, 6.45) is 1.05. The van der Waals surface area contributed by atoms with Crippen LogP contribution in [0.3, 0.4) is 0 Å².